The number of rotatable bonds is 4. The fraction of sp³-hybridized carbons (Fsp3) is 1.00. The maximum atomic E-state index is 5.48. The van der Waals surface area contributed by atoms with Crippen LogP contribution in [0.3, 0.4) is 0 Å². The van der Waals surface area contributed by atoms with Crippen molar-refractivity contribution >= 4 is 0 Å². The molecule has 80 valence electrons. The summed E-state index contributed by atoms with van der Waals surface area (Å²) in [4.78, 5) is 4.72. The topological polar surface area (TPSA) is 177 Å². The lowest BCUT2D eigenvalue weighted by Gasteiger charge is -2.38. The average molecular weight is 193 g/mol. The van der Waals surface area contributed by atoms with E-state index in [0.29, 0.717) is 0 Å². The Morgan fingerprint density at radius 2 is 1.31 bits per heavy atom. The van der Waals surface area contributed by atoms with Crippen molar-refractivity contribution in [3.8, 4) is 0 Å². The van der Waals surface area contributed by atoms with Crippen LogP contribution in [-0.2, 0) is 4.84 Å². The minimum Gasteiger partial charge on any atom is -0.310 e. The summed E-state index contributed by atoms with van der Waals surface area (Å²) >= 11 is 0. The lowest BCUT2D eigenvalue weighted by molar-refractivity contribution is -0.137. The fourth-order valence-corrected chi connectivity index (χ4v) is 0.304. The van der Waals surface area contributed by atoms with Crippen LogP contribution in [0.1, 0.15) is 13.8 Å². The Morgan fingerprint density at radius 3 is 1.54 bits per heavy atom. The largest absolute Gasteiger partial charge is 0.310 e. The lowest BCUT2D eigenvalue weighted by atomic mass is 10.1. The maximum absolute atomic E-state index is 5.48. The molecule has 0 saturated heterocycles. The van der Waals surface area contributed by atoms with E-state index in [4.69, 9.17) is 39.2 Å². The monoisotopic (exact) mass is 193 g/mol. The second-order valence-corrected chi connectivity index (χ2v) is 3.54. The van der Waals surface area contributed by atoms with Gasteiger partial charge in [0.05, 0.1) is 0 Å². The standard InChI is InChI=1S/C5H19N7O/c1-3(6,7)5(10,11)12-13-4(2,8)9/h12H,6-11H2,1-2H3. The van der Waals surface area contributed by atoms with Gasteiger partial charge in [-0.1, -0.05) is 0 Å². The Kier molecular flexibility index (Phi) is 3.36. The maximum Gasteiger partial charge on any atom is 0.185 e. The Hall–Kier alpha value is -0.320. The van der Waals surface area contributed by atoms with E-state index in [9.17, 15) is 0 Å². The van der Waals surface area contributed by atoms with Crippen LogP contribution in [0.25, 0.3) is 0 Å². The van der Waals surface area contributed by atoms with Crippen molar-refractivity contribution in [2.75, 3.05) is 0 Å². The normalized spacial score (nSPS) is 14.8. The predicted octanol–water partition coefficient (Wildman–Crippen LogP) is -3.70. The predicted molar refractivity (Wildman–Crippen MR) is 48.9 cm³/mol. The molecule has 0 fully saturated rings. The van der Waals surface area contributed by atoms with E-state index in [2.05, 4.69) is 5.48 Å². The minimum absolute atomic E-state index is 1.38. The summed E-state index contributed by atoms with van der Waals surface area (Å²) < 4.78 is 0. The summed E-state index contributed by atoms with van der Waals surface area (Å²) in [6.07, 6.45) is 0. The molecule has 0 aromatic heterocycles. The molecule has 0 aromatic carbocycles. The highest BCUT2D eigenvalue weighted by molar-refractivity contribution is 4.91. The highest BCUT2D eigenvalue weighted by Gasteiger charge is 2.37. The molecule has 0 atom stereocenters. The summed E-state index contributed by atoms with van der Waals surface area (Å²) in [6.45, 7) is 2.83. The van der Waals surface area contributed by atoms with Crippen molar-refractivity contribution in [3.63, 3.8) is 0 Å². The van der Waals surface area contributed by atoms with Gasteiger partial charge in [-0.3, -0.25) is 27.8 Å². The molecule has 0 radical (unpaired) electrons. The van der Waals surface area contributed by atoms with Crippen LogP contribution in [-0.4, -0.2) is 17.3 Å². The zero-order valence-electron chi connectivity index (χ0n) is 7.87. The van der Waals surface area contributed by atoms with Crippen molar-refractivity contribution in [3.05, 3.63) is 0 Å². The summed E-state index contributed by atoms with van der Waals surface area (Å²) in [5, 5.41) is 0. The molecule has 0 unspecified atom stereocenters. The lowest BCUT2D eigenvalue weighted by Crippen LogP contribution is -2.81. The number of nitrogens with two attached hydrogens (primary N) is 6. The first-order valence-electron chi connectivity index (χ1n) is 3.64. The highest BCUT2D eigenvalue weighted by Crippen LogP contribution is 2.01. The van der Waals surface area contributed by atoms with Crippen molar-refractivity contribution in [2.24, 2.45) is 34.4 Å². The molecular formula is C5H19N7O. The van der Waals surface area contributed by atoms with Crippen molar-refractivity contribution in [1.29, 1.82) is 0 Å². The molecule has 0 bridgehead atoms. The van der Waals surface area contributed by atoms with Crippen LogP contribution in [0.5, 0.6) is 0 Å². The molecule has 0 saturated carbocycles. The van der Waals surface area contributed by atoms with Gasteiger partial charge in [0.2, 0.25) is 0 Å². The second kappa shape index (κ2) is 3.44. The minimum atomic E-state index is -1.63. The molecule has 0 aliphatic carbocycles. The van der Waals surface area contributed by atoms with Gasteiger partial charge in [0.1, 0.15) is 5.66 Å². The summed E-state index contributed by atoms with van der Waals surface area (Å²) in [5.41, 5.74) is 33.2. The number of hydrogen-bond donors (Lipinski definition) is 7. The van der Waals surface area contributed by atoms with Gasteiger partial charge >= 0.3 is 0 Å². The van der Waals surface area contributed by atoms with E-state index in [1.807, 2.05) is 0 Å². The quantitative estimate of drug-likeness (QED) is 0.176. The average Bonchev–Trinajstić information content (AvgIpc) is 1.79. The Morgan fingerprint density at radius 1 is 0.923 bits per heavy atom. The second-order valence-electron chi connectivity index (χ2n) is 3.54. The van der Waals surface area contributed by atoms with Gasteiger partial charge in [0.25, 0.3) is 0 Å². The summed E-state index contributed by atoms with van der Waals surface area (Å²) in [6, 6.07) is 0. The summed E-state index contributed by atoms with van der Waals surface area (Å²) in [7, 11) is 0. The Balaban J connectivity index is 4.21. The molecule has 0 aromatic rings. The molecule has 0 aliphatic rings. The Bertz CT molecular complexity index is 167. The summed E-state index contributed by atoms with van der Waals surface area (Å²) in [5.74, 6) is -3.04. The van der Waals surface area contributed by atoms with Crippen LogP contribution < -0.4 is 39.9 Å². The van der Waals surface area contributed by atoms with Gasteiger partial charge < -0.3 is 11.5 Å². The van der Waals surface area contributed by atoms with Crippen LogP contribution in [0.4, 0.5) is 0 Å². The first-order valence-corrected chi connectivity index (χ1v) is 3.64. The van der Waals surface area contributed by atoms with Crippen molar-refractivity contribution in [2.45, 2.75) is 31.1 Å². The fourth-order valence-electron chi connectivity index (χ4n) is 0.304. The third-order valence-corrected chi connectivity index (χ3v) is 1.33. The van der Waals surface area contributed by atoms with Gasteiger partial charge in [-0.25, -0.2) is 0 Å². The zero-order valence-corrected chi connectivity index (χ0v) is 7.87. The molecule has 0 aliphatic heterocycles. The SMILES string of the molecule is CC(N)(N)ONC(N)(N)C(C)(N)N. The third-order valence-electron chi connectivity index (χ3n) is 1.33. The van der Waals surface area contributed by atoms with E-state index in [-0.39, 0.29) is 0 Å². The third kappa shape index (κ3) is 4.45. The molecule has 0 spiro atoms. The van der Waals surface area contributed by atoms with Gasteiger partial charge in [-0.05, 0) is 13.8 Å². The molecular weight excluding hydrogens is 174 g/mol. The zero-order chi connectivity index (χ0) is 10.9. The smallest absolute Gasteiger partial charge is 0.185 e. The molecule has 13 N–H and O–H groups in total. The molecule has 0 heterocycles. The molecule has 0 rings (SSSR count). The molecule has 8 nitrogen and oxygen atoms in total. The van der Waals surface area contributed by atoms with E-state index in [1.165, 1.54) is 13.8 Å². The van der Waals surface area contributed by atoms with Crippen LogP contribution in [0.2, 0.25) is 0 Å². The van der Waals surface area contributed by atoms with Crippen LogP contribution in [0.15, 0.2) is 0 Å². The molecule has 13 heavy (non-hydrogen) atoms. The van der Waals surface area contributed by atoms with E-state index in [1.54, 1.807) is 0 Å². The molecule has 8 heteroatoms. The number of nitrogens with one attached hydrogen (secondary N) is 1. The van der Waals surface area contributed by atoms with Crippen LogP contribution in [0, 0.1) is 0 Å². The number of hydrogen-bond acceptors (Lipinski definition) is 8. The van der Waals surface area contributed by atoms with E-state index in [0.717, 1.165) is 0 Å². The molecule has 0 amide bonds. The Labute approximate surface area is 76.9 Å². The van der Waals surface area contributed by atoms with E-state index >= 15 is 0 Å². The first kappa shape index (κ1) is 12.7. The van der Waals surface area contributed by atoms with Gasteiger partial charge in [0, 0.05) is 0 Å². The van der Waals surface area contributed by atoms with Gasteiger partial charge in [0.15, 0.2) is 11.6 Å². The number of hydroxylamine groups is 1. The van der Waals surface area contributed by atoms with Gasteiger partial charge in [-0.2, -0.15) is 5.48 Å². The van der Waals surface area contributed by atoms with Gasteiger partial charge in [-0.15, -0.1) is 0 Å². The van der Waals surface area contributed by atoms with Crippen molar-refractivity contribution in [1.82, 2.24) is 5.48 Å². The first-order chi connectivity index (χ1) is 5.46. The van der Waals surface area contributed by atoms with Crippen LogP contribution >= 0.6 is 0 Å². The van der Waals surface area contributed by atoms with E-state index < -0.39 is 17.3 Å². The van der Waals surface area contributed by atoms with Crippen molar-refractivity contribution < 1.29 is 4.84 Å². The highest BCUT2D eigenvalue weighted by atomic mass is 16.7.